The van der Waals surface area contributed by atoms with E-state index < -0.39 is 10.8 Å². The fourth-order valence-corrected chi connectivity index (χ4v) is 2.35. The first kappa shape index (κ1) is 16.5. The number of ether oxygens (including phenoxy) is 3. The average molecular weight is 266 g/mol. The molecule has 2 unspecified atom stereocenters. The Labute approximate surface area is 105 Å². The lowest BCUT2D eigenvalue weighted by molar-refractivity contribution is -0.144. The summed E-state index contributed by atoms with van der Waals surface area (Å²) in [4.78, 5) is 11.1. The van der Waals surface area contributed by atoms with Crippen LogP contribution in [-0.2, 0) is 29.8 Å². The topological polar surface area (TPSA) is 61.8 Å². The van der Waals surface area contributed by atoms with E-state index in [-0.39, 0.29) is 11.9 Å². The van der Waals surface area contributed by atoms with Gasteiger partial charge in [0, 0.05) is 42.6 Å². The molecule has 0 aliphatic heterocycles. The summed E-state index contributed by atoms with van der Waals surface area (Å²) in [6.45, 7) is 3.44. The molecule has 0 saturated heterocycles. The molecule has 0 aromatic heterocycles. The third kappa shape index (κ3) is 9.26. The van der Waals surface area contributed by atoms with E-state index in [0.717, 1.165) is 6.42 Å². The van der Waals surface area contributed by atoms with Crippen molar-refractivity contribution < 1.29 is 23.2 Å². The number of methoxy groups -OCH3 is 2. The molecule has 0 aliphatic rings. The lowest BCUT2D eigenvalue weighted by atomic mass is 10.2. The molecule has 0 aliphatic carbocycles. The lowest BCUT2D eigenvalue weighted by Gasteiger charge is -2.09. The maximum absolute atomic E-state index is 11.6. The van der Waals surface area contributed by atoms with Gasteiger partial charge < -0.3 is 14.2 Å². The Morgan fingerprint density at radius 1 is 1.24 bits per heavy atom. The van der Waals surface area contributed by atoms with Gasteiger partial charge in [0.05, 0.1) is 19.6 Å². The Kier molecular flexibility index (Phi) is 10.4. The summed E-state index contributed by atoms with van der Waals surface area (Å²) in [7, 11) is 1.94. The smallest absolute Gasteiger partial charge is 0.309 e. The van der Waals surface area contributed by atoms with Gasteiger partial charge in [-0.2, -0.15) is 0 Å². The standard InChI is InChI=1S/C11H22O5S/c1-10(11(12)15-3)9-17(13)8-7-16-6-4-5-14-2/h10H,4-9H2,1-3H3. The molecule has 6 heteroatoms. The Morgan fingerprint density at radius 2 is 1.94 bits per heavy atom. The van der Waals surface area contributed by atoms with Gasteiger partial charge in [-0.05, 0) is 6.42 Å². The SMILES string of the molecule is COCCCOCCS(=O)CC(C)C(=O)OC. The summed E-state index contributed by atoms with van der Waals surface area (Å²) in [5.74, 6) is 0.135. The highest BCUT2D eigenvalue weighted by atomic mass is 32.2. The maximum Gasteiger partial charge on any atom is 0.309 e. The number of hydrogen-bond acceptors (Lipinski definition) is 5. The van der Waals surface area contributed by atoms with Crippen molar-refractivity contribution in [3.8, 4) is 0 Å². The van der Waals surface area contributed by atoms with Crippen LogP contribution in [0.4, 0.5) is 0 Å². The molecule has 0 heterocycles. The molecule has 0 fully saturated rings. The number of carbonyl (C=O) groups is 1. The second-order valence-corrected chi connectivity index (χ2v) is 5.31. The zero-order chi connectivity index (χ0) is 13.1. The molecule has 0 aromatic rings. The summed E-state index contributed by atoms with van der Waals surface area (Å²) in [6, 6.07) is 0. The van der Waals surface area contributed by atoms with E-state index in [4.69, 9.17) is 9.47 Å². The summed E-state index contributed by atoms with van der Waals surface area (Å²) in [6.07, 6.45) is 0.835. The fourth-order valence-electron chi connectivity index (χ4n) is 1.19. The zero-order valence-corrected chi connectivity index (χ0v) is 11.6. The van der Waals surface area contributed by atoms with Gasteiger partial charge in [-0.15, -0.1) is 0 Å². The van der Waals surface area contributed by atoms with Crippen molar-refractivity contribution in [3.63, 3.8) is 0 Å². The molecule has 0 radical (unpaired) electrons. The molecular formula is C11H22O5S. The van der Waals surface area contributed by atoms with Gasteiger partial charge in [-0.1, -0.05) is 6.92 Å². The van der Waals surface area contributed by atoms with E-state index in [9.17, 15) is 9.00 Å². The van der Waals surface area contributed by atoms with Crippen molar-refractivity contribution in [2.45, 2.75) is 13.3 Å². The molecule has 0 saturated carbocycles. The first-order valence-electron chi connectivity index (χ1n) is 5.61. The van der Waals surface area contributed by atoms with Gasteiger partial charge in [0.25, 0.3) is 0 Å². The number of hydrogen-bond donors (Lipinski definition) is 0. The van der Waals surface area contributed by atoms with Crippen LogP contribution >= 0.6 is 0 Å². The largest absolute Gasteiger partial charge is 0.469 e. The zero-order valence-electron chi connectivity index (χ0n) is 10.8. The minimum absolute atomic E-state index is 0.320. The molecule has 0 amide bonds. The molecule has 0 aromatic carbocycles. The monoisotopic (exact) mass is 266 g/mol. The highest BCUT2D eigenvalue weighted by Gasteiger charge is 2.16. The molecule has 0 spiro atoms. The van der Waals surface area contributed by atoms with E-state index in [0.29, 0.717) is 31.3 Å². The molecular weight excluding hydrogens is 244 g/mol. The Hall–Kier alpha value is -0.460. The predicted molar refractivity (Wildman–Crippen MR) is 66.4 cm³/mol. The minimum Gasteiger partial charge on any atom is -0.469 e. The molecule has 0 rings (SSSR count). The quantitative estimate of drug-likeness (QED) is 0.428. The van der Waals surface area contributed by atoms with E-state index in [1.807, 2.05) is 0 Å². The van der Waals surface area contributed by atoms with Gasteiger partial charge in [0.15, 0.2) is 0 Å². The van der Waals surface area contributed by atoms with Crippen LogP contribution in [0.15, 0.2) is 0 Å². The van der Waals surface area contributed by atoms with Crippen LogP contribution in [0, 0.1) is 5.92 Å². The van der Waals surface area contributed by atoms with Crippen LogP contribution in [0.2, 0.25) is 0 Å². The van der Waals surface area contributed by atoms with Crippen molar-refractivity contribution in [3.05, 3.63) is 0 Å². The predicted octanol–water partition coefficient (Wildman–Crippen LogP) is 0.597. The maximum atomic E-state index is 11.6. The molecule has 102 valence electrons. The van der Waals surface area contributed by atoms with E-state index in [1.165, 1.54) is 7.11 Å². The molecule has 17 heavy (non-hydrogen) atoms. The van der Waals surface area contributed by atoms with Gasteiger partial charge in [0.1, 0.15) is 0 Å². The number of esters is 1. The van der Waals surface area contributed by atoms with Crippen molar-refractivity contribution in [1.82, 2.24) is 0 Å². The second kappa shape index (κ2) is 10.7. The Bertz CT molecular complexity index is 232. The fraction of sp³-hybridized carbons (Fsp3) is 0.909. The molecule has 0 bridgehead atoms. The first-order valence-corrected chi connectivity index (χ1v) is 7.10. The number of carbonyl (C=O) groups excluding carboxylic acids is 1. The third-order valence-corrected chi connectivity index (χ3v) is 3.63. The Morgan fingerprint density at radius 3 is 2.53 bits per heavy atom. The van der Waals surface area contributed by atoms with Gasteiger partial charge in [-0.3, -0.25) is 9.00 Å². The van der Waals surface area contributed by atoms with E-state index in [2.05, 4.69) is 4.74 Å². The highest BCUT2D eigenvalue weighted by Crippen LogP contribution is 2.01. The summed E-state index contributed by atoms with van der Waals surface area (Å²) >= 11 is 0. The summed E-state index contributed by atoms with van der Waals surface area (Å²) < 4.78 is 26.3. The van der Waals surface area contributed by atoms with Crippen LogP contribution < -0.4 is 0 Å². The molecule has 5 nitrogen and oxygen atoms in total. The van der Waals surface area contributed by atoms with Crippen LogP contribution in [-0.4, -0.2) is 55.7 Å². The highest BCUT2D eigenvalue weighted by molar-refractivity contribution is 7.85. The van der Waals surface area contributed by atoms with Gasteiger partial charge in [0.2, 0.25) is 0 Å². The minimum atomic E-state index is -1.04. The third-order valence-electron chi connectivity index (χ3n) is 2.13. The summed E-state index contributed by atoms with van der Waals surface area (Å²) in [5, 5.41) is 0. The normalized spacial score (nSPS) is 14.3. The van der Waals surface area contributed by atoms with Gasteiger partial charge >= 0.3 is 5.97 Å². The van der Waals surface area contributed by atoms with Crippen LogP contribution in [0.3, 0.4) is 0 Å². The van der Waals surface area contributed by atoms with E-state index >= 15 is 0 Å². The van der Waals surface area contributed by atoms with Crippen molar-refractivity contribution in [2.75, 3.05) is 45.5 Å². The van der Waals surface area contributed by atoms with Crippen LogP contribution in [0.5, 0.6) is 0 Å². The molecule has 0 N–H and O–H groups in total. The van der Waals surface area contributed by atoms with Crippen LogP contribution in [0.25, 0.3) is 0 Å². The number of rotatable bonds is 10. The first-order chi connectivity index (χ1) is 8.11. The summed E-state index contributed by atoms with van der Waals surface area (Å²) in [5.41, 5.74) is 0. The van der Waals surface area contributed by atoms with Crippen molar-refractivity contribution in [2.24, 2.45) is 5.92 Å². The lowest BCUT2D eigenvalue weighted by Crippen LogP contribution is -2.21. The van der Waals surface area contributed by atoms with Crippen LogP contribution in [0.1, 0.15) is 13.3 Å². The Balaban J connectivity index is 3.49. The second-order valence-electron chi connectivity index (χ2n) is 3.69. The average Bonchev–Trinajstić information content (AvgIpc) is 2.32. The van der Waals surface area contributed by atoms with Crippen molar-refractivity contribution >= 4 is 16.8 Å². The molecule has 2 atom stereocenters. The van der Waals surface area contributed by atoms with E-state index in [1.54, 1.807) is 14.0 Å². The van der Waals surface area contributed by atoms with Gasteiger partial charge in [-0.25, -0.2) is 0 Å². The van der Waals surface area contributed by atoms with Crippen molar-refractivity contribution in [1.29, 1.82) is 0 Å².